The summed E-state index contributed by atoms with van der Waals surface area (Å²) in [5, 5.41) is 13.9. The maximum absolute atomic E-state index is 11.4. The summed E-state index contributed by atoms with van der Waals surface area (Å²) in [4.78, 5) is 20.2. The van der Waals surface area contributed by atoms with E-state index in [0.717, 1.165) is 19.3 Å². The summed E-state index contributed by atoms with van der Waals surface area (Å²) < 4.78 is 0. The van der Waals surface area contributed by atoms with E-state index in [9.17, 15) is 10.1 Å². The molecule has 29 heavy (non-hydrogen) atoms. The van der Waals surface area contributed by atoms with Gasteiger partial charge in [-0.3, -0.25) is 10.1 Å². The van der Waals surface area contributed by atoms with Crippen LogP contribution >= 0.6 is 0 Å². The molecule has 0 bridgehead atoms. The van der Waals surface area contributed by atoms with Crippen LogP contribution in [0.5, 0.6) is 0 Å². The van der Waals surface area contributed by atoms with Gasteiger partial charge >= 0.3 is 5.69 Å². The van der Waals surface area contributed by atoms with Crippen molar-refractivity contribution in [3.05, 3.63) is 92.6 Å². The topological polar surface area (TPSA) is 68.9 Å². The first kappa shape index (κ1) is 17.7. The zero-order valence-corrected chi connectivity index (χ0v) is 16.5. The number of hydrogen-bond donors (Lipinski definition) is 0. The fourth-order valence-corrected chi connectivity index (χ4v) is 4.85. The van der Waals surface area contributed by atoms with E-state index in [1.807, 2.05) is 0 Å². The first-order valence-corrected chi connectivity index (χ1v) is 9.94. The molecule has 2 aliphatic rings. The van der Waals surface area contributed by atoms with E-state index in [1.54, 1.807) is 13.8 Å². The molecule has 0 saturated heterocycles. The van der Waals surface area contributed by atoms with Crippen LogP contribution in [0.1, 0.15) is 47.1 Å². The van der Waals surface area contributed by atoms with Gasteiger partial charge in [0.15, 0.2) is 0 Å². The highest BCUT2D eigenvalue weighted by molar-refractivity contribution is 5.94. The summed E-state index contributed by atoms with van der Waals surface area (Å²) in [6.45, 7) is 3.41. The summed E-state index contributed by atoms with van der Waals surface area (Å²) in [6.07, 6.45) is 7.25. The molecule has 144 valence electrons. The van der Waals surface area contributed by atoms with Gasteiger partial charge < -0.3 is 0 Å². The Hall–Kier alpha value is -3.34. The average Bonchev–Trinajstić information content (AvgIpc) is 2.72. The molecule has 2 aliphatic carbocycles. The lowest BCUT2D eigenvalue weighted by atomic mass is 9.73. The summed E-state index contributed by atoms with van der Waals surface area (Å²) in [7, 11) is 0. The third-order valence-electron chi connectivity index (χ3n) is 6.11. The Morgan fingerprint density at radius 2 is 1.83 bits per heavy atom. The molecule has 5 heteroatoms. The van der Waals surface area contributed by atoms with Crippen LogP contribution in [0, 0.1) is 24.0 Å². The summed E-state index contributed by atoms with van der Waals surface area (Å²) in [5.74, 6) is 0.749. The quantitative estimate of drug-likeness (QED) is 0.427. The van der Waals surface area contributed by atoms with Crippen LogP contribution < -0.4 is 0 Å². The van der Waals surface area contributed by atoms with Crippen LogP contribution in [0.2, 0.25) is 0 Å². The van der Waals surface area contributed by atoms with E-state index < -0.39 is 0 Å². The van der Waals surface area contributed by atoms with Gasteiger partial charge in [-0.1, -0.05) is 54.1 Å². The number of allylic oxidation sites excluding steroid dienone is 4. The molecule has 3 aromatic rings. The number of hydrogen-bond acceptors (Lipinski definition) is 4. The Balaban J connectivity index is 1.73. The fraction of sp³-hybridized carbons (Fsp3) is 0.250. The second kappa shape index (κ2) is 6.62. The Morgan fingerprint density at radius 3 is 2.59 bits per heavy atom. The van der Waals surface area contributed by atoms with Gasteiger partial charge in [0.1, 0.15) is 17.2 Å². The SMILES string of the molecule is Cc1nc(C2Cc3c(ccc4ccccc34)C3=C2CCC=C3)nc(C)c1[N+](=O)[O-]. The van der Waals surface area contributed by atoms with E-state index in [2.05, 4.69) is 58.5 Å². The van der Waals surface area contributed by atoms with Crippen LogP contribution in [-0.4, -0.2) is 14.9 Å². The van der Waals surface area contributed by atoms with E-state index in [4.69, 9.17) is 0 Å². The molecule has 1 unspecified atom stereocenters. The van der Waals surface area contributed by atoms with Crippen LogP contribution in [-0.2, 0) is 6.42 Å². The van der Waals surface area contributed by atoms with E-state index in [1.165, 1.54) is 33.0 Å². The van der Waals surface area contributed by atoms with Crippen molar-refractivity contribution in [3.63, 3.8) is 0 Å². The fourth-order valence-electron chi connectivity index (χ4n) is 4.85. The minimum atomic E-state index is -0.383. The molecule has 2 aromatic carbocycles. The van der Waals surface area contributed by atoms with Gasteiger partial charge in [-0.15, -0.1) is 0 Å². The number of nitro groups is 1. The van der Waals surface area contributed by atoms with Gasteiger partial charge in [0, 0.05) is 5.92 Å². The highest BCUT2D eigenvalue weighted by Gasteiger charge is 2.32. The molecular formula is C24H21N3O2. The van der Waals surface area contributed by atoms with Crippen molar-refractivity contribution >= 4 is 22.0 Å². The van der Waals surface area contributed by atoms with Gasteiger partial charge in [-0.25, -0.2) is 9.97 Å². The molecule has 0 spiro atoms. The third kappa shape index (κ3) is 2.77. The van der Waals surface area contributed by atoms with E-state index in [-0.39, 0.29) is 16.5 Å². The number of fused-ring (bicyclic) bond motifs is 4. The number of aromatic nitrogens is 2. The van der Waals surface area contributed by atoms with Gasteiger partial charge in [0.2, 0.25) is 0 Å². The molecule has 0 N–H and O–H groups in total. The van der Waals surface area contributed by atoms with Crippen molar-refractivity contribution in [1.29, 1.82) is 0 Å². The van der Waals surface area contributed by atoms with Crippen LogP contribution in [0.25, 0.3) is 16.3 Å². The molecule has 1 atom stereocenters. The second-order valence-electron chi connectivity index (χ2n) is 7.81. The molecule has 5 nitrogen and oxygen atoms in total. The Kier molecular flexibility index (Phi) is 4.05. The predicted molar refractivity (Wildman–Crippen MR) is 114 cm³/mol. The highest BCUT2D eigenvalue weighted by Crippen LogP contribution is 2.46. The minimum absolute atomic E-state index is 0.0214. The Bertz CT molecular complexity index is 1220. The third-order valence-corrected chi connectivity index (χ3v) is 6.11. The zero-order valence-electron chi connectivity index (χ0n) is 16.5. The summed E-state index contributed by atoms with van der Waals surface area (Å²) >= 11 is 0. The van der Waals surface area contributed by atoms with Gasteiger partial charge in [0.25, 0.3) is 0 Å². The molecule has 0 amide bonds. The largest absolute Gasteiger partial charge is 0.311 e. The Morgan fingerprint density at radius 1 is 1.07 bits per heavy atom. The van der Waals surface area contributed by atoms with Gasteiger partial charge in [0.05, 0.1) is 4.92 Å². The first-order chi connectivity index (χ1) is 14.0. The van der Waals surface area contributed by atoms with Crippen molar-refractivity contribution in [2.75, 3.05) is 0 Å². The second-order valence-corrected chi connectivity index (χ2v) is 7.81. The maximum Gasteiger partial charge on any atom is 0.311 e. The van der Waals surface area contributed by atoms with Crippen LogP contribution in [0.15, 0.2) is 54.1 Å². The lowest BCUT2D eigenvalue weighted by Gasteiger charge is -2.31. The zero-order chi connectivity index (χ0) is 20.1. The number of aryl methyl sites for hydroxylation is 2. The molecular weight excluding hydrogens is 362 g/mol. The van der Waals surface area contributed by atoms with Crippen LogP contribution in [0.4, 0.5) is 5.69 Å². The maximum atomic E-state index is 11.4. The molecule has 0 fully saturated rings. The number of rotatable bonds is 2. The molecule has 0 saturated carbocycles. The van der Waals surface area contributed by atoms with E-state index >= 15 is 0 Å². The monoisotopic (exact) mass is 383 g/mol. The van der Waals surface area contributed by atoms with Crippen molar-refractivity contribution < 1.29 is 4.92 Å². The van der Waals surface area contributed by atoms with Crippen molar-refractivity contribution in [3.8, 4) is 0 Å². The van der Waals surface area contributed by atoms with Crippen molar-refractivity contribution in [2.24, 2.45) is 0 Å². The van der Waals surface area contributed by atoms with Crippen molar-refractivity contribution in [1.82, 2.24) is 9.97 Å². The molecule has 0 radical (unpaired) electrons. The lowest BCUT2D eigenvalue weighted by molar-refractivity contribution is -0.386. The first-order valence-electron chi connectivity index (χ1n) is 9.94. The van der Waals surface area contributed by atoms with E-state index in [0.29, 0.717) is 17.2 Å². The summed E-state index contributed by atoms with van der Waals surface area (Å²) in [6, 6.07) is 12.9. The number of benzene rings is 2. The molecule has 5 rings (SSSR count). The minimum Gasteiger partial charge on any atom is -0.258 e. The normalized spacial score (nSPS) is 17.9. The average molecular weight is 383 g/mol. The predicted octanol–water partition coefficient (Wildman–Crippen LogP) is 5.60. The van der Waals surface area contributed by atoms with Gasteiger partial charge in [-0.2, -0.15) is 0 Å². The number of nitrogens with zero attached hydrogens (tertiary/aromatic N) is 3. The Labute approximate surface area is 169 Å². The van der Waals surface area contributed by atoms with Crippen LogP contribution in [0.3, 0.4) is 0 Å². The van der Waals surface area contributed by atoms with Gasteiger partial charge in [-0.05, 0) is 60.6 Å². The smallest absolute Gasteiger partial charge is 0.258 e. The molecule has 0 aliphatic heterocycles. The molecule has 1 aromatic heterocycles. The highest BCUT2D eigenvalue weighted by atomic mass is 16.6. The standard InChI is InChI=1S/C24H21N3O2/c1-14-23(27(28)29)15(2)26-24(25-14)22-13-21-17-8-4-3-7-16(17)11-12-20(21)18-9-5-6-10-19(18)22/h3-5,7-9,11-12,22H,6,10,13H2,1-2H3. The van der Waals surface area contributed by atoms with Crippen molar-refractivity contribution in [2.45, 2.75) is 39.0 Å². The molecule has 1 heterocycles. The lowest BCUT2D eigenvalue weighted by Crippen LogP contribution is -2.20. The summed E-state index contributed by atoms with van der Waals surface area (Å²) in [5.41, 5.74) is 6.13.